The second-order valence-electron chi connectivity index (χ2n) is 5.54. The van der Waals surface area contributed by atoms with Crippen LogP contribution in [0.1, 0.15) is 19.8 Å². The average Bonchev–Trinajstić information content (AvgIpc) is 3.05. The van der Waals surface area contributed by atoms with Crippen molar-refractivity contribution in [3.05, 3.63) is 30.6 Å². The first-order chi connectivity index (χ1) is 11.1. The summed E-state index contributed by atoms with van der Waals surface area (Å²) in [6.45, 7) is 3.44. The van der Waals surface area contributed by atoms with E-state index in [1.54, 1.807) is 0 Å². The number of nitrogen functional groups attached to an aromatic ring is 1. The van der Waals surface area contributed by atoms with Gasteiger partial charge in [0.05, 0.1) is 0 Å². The van der Waals surface area contributed by atoms with E-state index in [1.165, 1.54) is 13.3 Å². The Bertz CT molecular complexity index is 694. The minimum absolute atomic E-state index is 0.0963. The molecule has 3 rings (SSSR count). The van der Waals surface area contributed by atoms with Gasteiger partial charge in [0.2, 0.25) is 5.91 Å². The number of nitrogens with zero attached hydrogens (tertiary/aromatic N) is 3. The smallest absolute Gasteiger partial charge is 0.221 e. The molecule has 1 saturated heterocycles. The molecule has 120 valence electrons. The molecule has 4 N–H and O–H groups in total. The number of nitrogens with two attached hydrogens (primary N) is 1. The van der Waals surface area contributed by atoms with Crippen LogP contribution in [0.15, 0.2) is 30.6 Å². The minimum atomic E-state index is -0.0963. The normalized spacial score (nSPS) is 13.9. The van der Waals surface area contributed by atoms with E-state index >= 15 is 0 Å². The lowest BCUT2D eigenvalue weighted by atomic mass is 10.2. The topological polar surface area (TPSA) is 96.2 Å². The number of carbonyl (C=O) groups is 1. The highest BCUT2D eigenvalue weighted by molar-refractivity contribution is 5.89. The maximum Gasteiger partial charge on any atom is 0.221 e. The Morgan fingerprint density at radius 1 is 1.13 bits per heavy atom. The van der Waals surface area contributed by atoms with Gasteiger partial charge >= 0.3 is 0 Å². The van der Waals surface area contributed by atoms with Gasteiger partial charge in [0, 0.05) is 31.4 Å². The van der Waals surface area contributed by atoms with Crippen LogP contribution >= 0.6 is 0 Å². The highest BCUT2D eigenvalue weighted by Gasteiger charge is 2.18. The molecule has 23 heavy (non-hydrogen) atoms. The molecule has 0 aliphatic carbocycles. The van der Waals surface area contributed by atoms with E-state index in [0.29, 0.717) is 11.5 Å². The van der Waals surface area contributed by atoms with E-state index < -0.39 is 0 Å². The van der Waals surface area contributed by atoms with Gasteiger partial charge in [-0.25, -0.2) is 9.97 Å². The Morgan fingerprint density at radius 2 is 1.78 bits per heavy atom. The molecule has 0 atom stereocenters. The Balaban J connectivity index is 1.77. The van der Waals surface area contributed by atoms with E-state index in [-0.39, 0.29) is 5.91 Å². The highest BCUT2D eigenvalue weighted by atomic mass is 16.1. The van der Waals surface area contributed by atoms with E-state index in [4.69, 9.17) is 5.73 Å². The SMILES string of the molecule is CC(=O)Nc1ccc(Nc2ncnc(N3CCCC3)c2N)cc1. The fourth-order valence-electron chi connectivity index (χ4n) is 2.64. The van der Waals surface area contributed by atoms with Crippen molar-refractivity contribution in [1.82, 2.24) is 9.97 Å². The van der Waals surface area contributed by atoms with Crippen LogP contribution in [0, 0.1) is 0 Å². The van der Waals surface area contributed by atoms with Crippen LogP contribution in [0.25, 0.3) is 0 Å². The van der Waals surface area contributed by atoms with E-state index in [1.807, 2.05) is 24.3 Å². The lowest BCUT2D eigenvalue weighted by Gasteiger charge is -2.19. The number of nitrogens with one attached hydrogen (secondary N) is 2. The maximum absolute atomic E-state index is 11.0. The summed E-state index contributed by atoms with van der Waals surface area (Å²) in [5, 5.41) is 5.93. The van der Waals surface area contributed by atoms with E-state index in [0.717, 1.165) is 43.1 Å². The number of rotatable bonds is 4. The maximum atomic E-state index is 11.0. The standard InChI is InChI=1S/C16H20N6O/c1-11(23)20-12-4-6-13(7-5-12)21-15-14(17)16(19-10-18-15)22-8-2-3-9-22/h4-7,10H,2-3,8-9,17H2,1H3,(H,20,23)(H,18,19,21). The number of carbonyl (C=O) groups excluding carboxylic acids is 1. The molecular weight excluding hydrogens is 292 g/mol. The first kappa shape index (κ1) is 15.1. The molecular formula is C16H20N6O. The molecule has 1 aromatic heterocycles. The van der Waals surface area contributed by atoms with Crippen LogP contribution in [-0.2, 0) is 4.79 Å². The Kier molecular flexibility index (Phi) is 4.27. The molecule has 1 amide bonds. The van der Waals surface area contributed by atoms with Crippen LogP contribution < -0.4 is 21.3 Å². The van der Waals surface area contributed by atoms with Crippen molar-refractivity contribution in [3.63, 3.8) is 0 Å². The Labute approximate surface area is 134 Å². The fraction of sp³-hybridized carbons (Fsp3) is 0.312. The van der Waals surface area contributed by atoms with Gasteiger partial charge in [-0.3, -0.25) is 4.79 Å². The van der Waals surface area contributed by atoms with Crippen molar-refractivity contribution in [1.29, 1.82) is 0 Å². The van der Waals surface area contributed by atoms with Gasteiger partial charge in [-0.05, 0) is 37.1 Å². The van der Waals surface area contributed by atoms with Crippen molar-refractivity contribution in [2.45, 2.75) is 19.8 Å². The molecule has 2 aromatic rings. The Morgan fingerprint density at radius 3 is 2.43 bits per heavy atom. The van der Waals surface area contributed by atoms with Crippen LogP contribution in [-0.4, -0.2) is 29.0 Å². The molecule has 7 nitrogen and oxygen atoms in total. The molecule has 0 saturated carbocycles. The van der Waals surface area contributed by atoms with Gasteiger partial charge in [-0.15, -0.1) is 0 Å². The lowest BCUT2D eigenvalue weighted by Crippen LogP contribution is -2.21. The second kappa shape index (κ2) is 6.51. The zero-order valence-electron chi connectivity index (χ0n) is 13.0. The second-order valence-corrected chi connectivity index (χ2v) is 5.54. The minimum Gasteiger partial charge on any atom is -0.393 e. The largest absolute Gasteiger partial charge is 0.393 e. The molecule has 0 bridgehead atoms. The lowest BCUT2D eigenvalue weighted by molar-refractivity contribution is -0.114. The summed E-state index contributed by atoms with van der Waals surface area (Å²) in [6, 6.07) is 7.37. The molecule has 0 unspecified atom stereocenters. The first-order valence-electron chi connectivity index (χ1n) is 7.63. The number of aromatic nitrogens is 2. The van der Waals surface area contributed by atoms with Crippen molar-refractivity contribution in [2.75, 3.05) is 34.4 Å². The molecule has 1 fully saturated rings. The van der Waals surface area contributed by atoms with Crippen molar-refractivity contribution in [2.24, 2.45) is 0 Å². The van der Waals surface area contributed by atoms with Crippen molar-refractivity contribution < 1.29 is 4.79 Å². The fourth-order valence-corrected chi connectivity index (χ4v) is 2.64. The molecule has 2 heterocycles. The van der Waals surface area contributed by atoms with Gasteiger partial charge in [-0.1, -0.05) is 0 Å². The summed E-state index contributed by atoms with van der Waals surface area (Å²) in [6.07, 6.45) is 3.85. The zero-order valence-corrected chi connectivity index (χ0v) is 13.0. The van der Waals surface area contributed by atoms with Crippen LogP contribution in [0.5, 0.6) is 0 Å². The number of anilines is 5. The third-order valence-corrected chi connectivity index (χ3v) is 3.74. The molecule has 0 spiro atoms. The zero-order chi connectivity index (χ0) is 16.2. The third-order valence-electron chi connectivity index (χ3n) is 3.74. The van der Waals surface area contributed by atoms with Crippen molar-refractivity contribution in [3.8, 4) is 0 Å². The third kappa shape index (κ3) is 3.50. The number of amides is 1. The summed E-state index contributed by atoms with van der Waals surface area (Å²) in [4.78, 5) is 21.8. The van der Waals surface area contributed by atoms with Gasteiger partial charge in [0.25, 0.3) is 0 Å². The average molecular weight is 312 g/mol. The summed E-state index contributed by atoms with van der Waals surface area (Å²) < 4.78 is 0. The summed E-state index contributed by atoms with van der Waals surface area (Å²) >= 11 is 0. The number of hydrogen-bond donors (Lipinski definition) is 3. The van der Waals surface area contributed by atoms with Gasteiger partial charge in [-0.2, -0.15) is 0 Å². The summed E-state index contributed by atoms with van der Waals surface area (Å²) in [5.74, 6) is 1.28. The predicted molar refractivity (Wildman–Crippen MR) is 91.9 cm³/mol. The predicted octanol–water partition coefficient (Wildman–Crippen LogP) is 2.36. The number of hydrogen-bond acceptors (Lipinski definition) is 6. The molecule has 1 aromatic carbocycles. The molecule has 1 aliphatic rings. The highest BCUT2D eigenvalue weighted by Crippen LogP contribution is 2.30. The van der Waals surface area contributed by atoms with Crippen LogP contribution in [0.3, 0.4) is 0 Å². The quantitative estimate of drug-likeness (QED) is 0.802. The number of benzene rings is 1. The van der Waals surface area contributed by atoms with Crippen LogP contribution in [0.2, 0.25) is 0 Å². The monoisotopic (exact) mass is 312 g/mol. The van der Waals surface area contributed by atoms with Crippen LogP contribution in [0.4, 0.5) is 28.7 Å². The summed E-state index contributed by atoms with van der Waals surface area (Å²) in [7, 11) is 0. The van der Waals surface area contributed by atoms with Gasteiger partial charge < -0.3 is 21.3 Å². The molecule has 1 aliphatic heterocycles. The molecule has 7 heteroatoms. The van der Waals surface area contributed by atoms with Crippen molar-refractivity contribution >= 4 is 34.6 Å². The van der Waals surface area contributed by atoms with E-state index in [9.17, 15) is 4.79 Å². The first-order valence-corrected chi connectivity index (χ1v) is 7.63. The molecule has 0 radical (unpaired) electrons. The Hall–Kier alpha value is -2.83. The van der Waals surface area contributed by atoms with Gasteiger partial charge in [0.1, 0.15) is 12.0 Å². The van der Waals surface area contributed by atoms with Gasteiger partial charge in [0.15, 0.2) is 11.6 Å². The van der Waals surface area contributed by atoms with E-state index in [2.05, 4.69) is 25.5 Å². The summed E-state index contributed by atoms with van der Waals surface area (Å²) in [5.41, 5.74) is 8.37.